The summed E-state index contributed by atoms with van der Waals surface area (Å²) in [7, 11) is 0. The average Bonchev–Trinajstić information content (AvgIpc) is 3.38. The maximum atomic E-state index is 13.1. The van der Waals surface area contributed by atoms with E-state index in [4.69, 9.17) is 4.74 Å². The lowest BCUT2D eigenvalue weighted by Gasteiger charge is -2.17. The van der Waals surface area contributed by atoms with Crippen LogP contribution in [0.2, 0.25) is 0 Å². The lowest BCUT2D eigenvalue weighted by atomic mass is 10.1. The Balaban J connectivity index is 1.32. The van der Waals surface area contributed by atoms with Crippen molar-refractivity contribution in [2.45, 2.75) is 20.3 Å². The van der Waals surface area contributed by atoms with Crippen molar-refractivity contribution in [1.82, 2.24) is 0 Å². The number of nitrogens with zero attached hydrogens (tertiary/aromatic N) is 2. The molecule has 0 radical (unpaired) electrons. The van der Waals surface area contributed by atoms with Gasteiger partial charge < -0.3 is 9.64 Å². The number of rotatable bonds is 4. The predicted molar refractivity (Wildman–Crippen MR) is 126 cm³/mol. The van der Waals surface area contributed by atoms with Gasteiger partial charge in [0.2, 0.25) is 0 Å². The molecule has 0 saturated carbocycles. The van der Waals surface area contributed by atoms with Crippen LogP contribution in [-0.4, -0.2) is 36.8 Å². The van der Waals surface area contributed by atoms with E-state index in [1.165, 1.54) is 18.2 Å². The number of hydrogen-bond donors (Lipinski definition) is 0. The number of anilines is 2. The lowest BCUT2D eigenvalue weighted by Crippen LogP contribution is -2.33. The summed E-state index contributed by atoms with van der Waals surface area (Å²) < 4.78 is 5.25. The Hall–Kier alpha value is -4.26. The van der Waals surface area contributed by atoms with Crippen LogP contribution in [-0.2, 0) is 16.0 Å². The van der Waals surface area contributed by atoms with Gasteiger partial charge in [-0.05, 0) is 67.3 Å². The molecule has 0 saturated heterocycles. The van der Waals surface area contributed by atoms with Crippen LogP contribution in [0.15, 0.2) is 60.7 Å². The van der Waals surface area contributed by atoms with Gasteiger partial charge in [0.05, 0.1) is 22.4 Å². The number of amides is 3. The lowest BCUT2D eigenvalue weighted by molar-refractivity contribution is -0.121. The Bertz CT molecular complexity index is 1380. The number of carbonyl (C=O) groups excluding carboxylic acids is 4. The van der Waals surface area contributed by atoms with Crippen molar-refractivity contribution in [3.8, 4) is 0 Å². The zero-order valence-corrected chi connectivity index (χ0v) is 18.8. The van der Waals surface area contributed by atoms with E-state index in [0.29, 0.717) is 12.2 Å². The minimum absolute atomic E-state index is 0.109. The molecule has 0 unspecified atom stereocenters. The molecule has 0 aliphatic carbocycles. The Morgan fingerprint density at radius 3 is 2.47 bits per heavy atom. The fraction of sp³-hybridized carbons (Fsp3) is 0.185. The van der Waals surface area contributed by atoms with Gasteiger partial charge in [-0.1, -0.05) is 30.3 Å². The third-order valence-electron chi connectivity index (χ3n) is 6.24. The third-order valence-corrected chi connectivity index (χ3v) is 6.24. The predicted octanol–water partition coefficient (Wildman–Crippen LogP) is 3.85. The molecule has 3 aromatic rings. The molecule has 7 nitrogen and oxygen atoms in total. The number of ether oxygens (including phenoxy) is 1. The molecule has 0 N–H and O–H groups in total. The normalized spacial score (nSPS) is 14.3. The number of imide groups is 1. The van der Waals surface area contributed by atoms with Crippen molar-refractivity contribution in [2.75, 3.05) is 23.0 Å². The van der Waals surface area contributed by atoms with Gasteiger partial charge in [0.15, 0.2) is 6.61 Å². The highest BCUT2D eigenvalue weighted by Gasteiger charge is 2.38. The molecule has 2 heterocycles. The summed E-state index contributed by atoms with van der Waals surface area (Å²) in [6.45, 7) is 3.85. The Morgan fingerprint density at radius 1 is 0.882 bits per heavy atom. The summed E-state index contributed by atoms with van der Waals surface area (Å²) in [5.41, 5.74) is 4.62. The first-order valence-electron chi connectivity index (χ1n) is 11.0. The first-order chi connectivity index (χ1) is 16.3. The van der Waals surface area contributed by atoms with Crippen molar-refractivity contribution in [1.29, 1.82) is 0 Å². The van der Waals surface area contributed by atoms with Crippen LogP contribution >= 0.6 is 0 Å². The van der Waals surface area contributed by atoms with E-state index >= 15 is 0 Å². The average molecular weight is 454 g/mol. The molecule has 0 aromatic heterocycles. The SMILES string of the molecule is Cc1ccc(C)c(N2C(=O)c3ccc(C(=O)OCC(=O)N4CCc5ccccc54)cc3C2=O)c1. The van der Waals surface area contributed by atoms with Gasteiger partial charge in [0, 0.05) is 12.2 Å². The highest BCUT2D eigenvalue weighted by molar-refractivity contribution is 6.35. The Morgan fingerprint density at radius 2 is 1.65 bits per heavy atom. The van der Waals surface area contributed by atoms with Crippen LogP contribution in [0, 0.1) is 13.8 Å². The van der Waals surface area contributed by atoms with Crippen molar-refractivity contribution >= 4 is 35.1 Å². The van der Waals surface area contributed by atoms with E-state index in [-0.39, 0.29) is 22.6 Å². The van der Waals surface area contributed by atoms with Crippen molar-refractivity contribution in [2.24, 2.45) is 0 Å². The highest BCUT2D eigenvalue weighted by Crippen LogP contribution is 2.32. The van der Waals surface area contributed by atoms with Gasteiger partial charge in [-0.25, -0.2) is 9.69 Å². The van der Waals surface area contributed by atoms with Gasteiger partial charge in [0.1, 0.15) is 0 Å². The number of fused-ring (bicyclic) bond motifs is 2. The first kappa shape index (κ1) is 21.6. The van der Waals surface area contributed by atoms with Crippen LogP contribution in [0.25, 0.3) is 0 Å². The molecule has 2 aliphatic heterocycles. The molecule has 170 valence electrons. The monoisotopic (exact) mass is 454 g/mol. The summed E-state index contributed by atoms with van der Waals surface area (Å²) in [5.74, 6) is -1.97. The quantitative estimate of drug-likeness (QED) is 0.442. The van der Waals surface area contributed by atoms with Gasteiger partial charge in [-0.3, -0.25) is 14.4 Å². The molecule has 0 bridgehead atoms. The molecule has 0 spiro atoms. The molecule has 0 atom stereocenters. The van der Waals surface area contributed by atoms with Crippen LogP contribution in [0.5, 0.6) is 0 Å². The first-order valence-corrected chi connectivity index (χ1v) is 11.0. The zero-order chi connectivity index (χ0) is 24.0. The zero-order valence-electron chi connectivity index (χ0n) is 18.8. The van der Waals surface area contributed by atoms with Crippen LogP contribution in [0.3, 0.4) is 0 Å². The topological polar surface area (TPSA) is 84.0 Å². The molecule has 2 aliphatic rings. The fourth-order valence-electron chi connectivity index (χ4n) is 4.43. The van der Waals surface area contributed by atoms with E-state index in [0.717, 1.165) is 33.7 Å². The largest absolute Gasteiger partial charge is 0.452 e. The molecule has 7 heteroatoms. The third kappa shape index (κ3) is 3.55. The minimum Gasteiger partial charge on any atom is -0.452 e. The second-order valence-corrected chi connectivity index (χ2v) is 8.50. The number of aryl methyl sites for hydroxylation is 2. The summed E-state index contributed by atoms with van der Waals surface area (Å²) >= 11 is 0. The number of benzene rings is 3. The Kier molecular flexibility index (Phi) is 5.24. The van der Waals surface area contributed by atoms with Gasteiger partial charge in [0.25, 0.3) is 17.7 Å². The van der Waals surface area contributed by atoms with E-state index in [1.807, 2.05) is 50.2 Å². The summed E-state index contributed by atoms with van der Waals surface area (Å²) in [6.07, 6.45) is 0.758. The molecule has 0 fully saturated rings. The van der Waals surface area contributed by atoms with Crippen LogP contribution in [0.4, 0.5) is 11.4 Å². The number of hydrogen-bond acceptors (Lipinski definition) is 5. The molecular formula is C27H22N2O5. The van der Waals surface area contributed by atoms with E-state index in [9.17, 15) is 19.2 Å². The van der Waals surface area contributed by atoms with Gasteiger partial charge in [-0.15, -0.1) is 0 Å². The van der Waals surface area contributed by atoms with Crippen LogP contribution in [0.1, 0.15) is 47.8 Å². The van der Waals surface area contributed by atoms with Crippen molar-refractivity contribution in [3.63, 3.8) is 0 Å². The minimum atomic E-state index is -0.728. The molecular weight excluding hydrogens is 432 g/mol. The van der Waals surface area contributed by atoms with Gasteiger partial charge >= 0.3 is 5.97 Å². The fourth-order valence-corrected chi connectivity index (χ4v) is 4.43. The summed E-state index contributed by atoms with van der Waals surface area (Å²) in [4.78, 5) is 54.1. The maximum absolute atomic E-state index is 13.1. The summed E-state index contributed by atoms with van der Waals surface area (Å²) in [5, 5.41) is 0. The van der Waals surface area contributed by atoms with Crippen molar-refractivity contribution < 1.29 is 23.9 Å². The molecule has 3 amide bonds. The van der Waals surface area contributed by atoms with E-state index < -0.39 is 24.4 Å². The second kappa shape index (κ2) is 8.26. The maximum Gasteiger partial charge on any atom is 0.338 e. The highest BCUT2D eigenvalue weighted by atomic mass is 16.5. The number of carbonyl (C=O) groups is 4. The van der Waals surface area contributed by atoms with Crippen molar-refractivity contribution in [3.05, 3.63) is 94.0 Å². The molecule has 5 rings (SSSR count). The standard InChI is InChI=1S/C27H22N2O5/c1-16-7-8-17(2)23(13-16)29-25(31)20-10-9-19(14-21(20)26(29)32)27(33)34-15-24(30)28-12-11-18-5-3-4-6-22(18)28/h3-10,13-14H,11-12,15H2,1-2H3. The summed E-state index contributed by atoms with van der Waals surface area (Å²) in [6, 6.07) is 17.4. The van der Waals surface area contributed by atoms with Gasteiger partial charge in [-0.2, -0.15) is 0 Å². The molecule has 34 heavy (non-hydrogen) atoms. The molecule has 3 aromatic carbocycles. The Labute approximate surface area is 196 Å². The van der Waals surface area contributed by atoms with E-state index in [2.05, 4.69) is 0 Å². The smallest absolute Gasteiger partial charge is 0.338 e. The second-order valence-electron chi connectivity index (χ2n) is 8.50. The number of para-hydroxylation sites is 1. The van der Waals surface area contributed by atoms with Crippen LogP contribution < -0.4 is 9.80 Å². The van der Waals surface area contributed by atoms with E-state index in [1.54, 1.807) is 11.0 Å². The number of esters is 1.